The minimum Gasteiger partial charge on any atom is -0.453 e. The van der Waals surface area contributed by atoms with Crippen LogP contribution in [0.25, 0.3) is 0 Å². The Morgan fingerprint density at radius 1 is 1.45 bits per heavy atom. The van der Waals surface area contributed by atoms with E-state index >= 15 is 0 Å². The molecule has 6 heteroatoms. The minimum absolute atomic E-state index is 0.146. The third kappa shape index (κ3) is 4.95. The van der Waals surface area contributed by atoms with Crippen LogP contribution in [0.15, 0.2) is 24.3 Å². The van der Waals surface area contributed by atoms with Gasteiger partial charge in [-0.3, -0.25) is 10.1 Å². The van der Waals surface area contributed by atoms with Crippen molar-refractivity contribution in [3.05, 3.63) is 24.3 Å². The second-order valence-electron chi connectivity index (χ2n) is 5.64. The number of nitrogens with one attached hydrogen (secondary N) is 3. The normalized spacial score (nSPS) is 19.0. The van der Waals surface area contributed by atoms with E-state index in [9.17, 15) is 9.59 Å². The highest BCUT2D eigenvalue weighted by Gasteiger charge is 2.20. The van der Waals surface area contributed by atoms with E-state index in [0.29, 0.717) is 12.1 Å². The summed E-state index contributed by atoms with van der Waals surface area (Å²) < 4.78 is 4.58. The molecule has 1 heterocycles. The number of hydrogen-bond donors (Lipinski definition) is 3. The average molecular weight is 305 g/mol. The van der Waals surface area contributed by atoms with Gasteiger partial charge in [-0.05, 0) is 44.4 Å². The number of piperidine rings is 1. The van der Waals surface area contributed by atoms with E-state index in [0.717, 1.165) is 24.9 Å². The predicted octanol–water partition coefficient (Wildman–Crippen LogP) is 2.72. The zero-order valence-electron chi connectivity index (χ0n) is 13.0. The van der Waals surface area contributed by atoms with Crippen molar-refractivity contribution >= 4 is 23.4 Å². The third-order valence-electron chi connectivity index (χ3n) is 3.67. The number of hydrogen-bond acceptors (Lipinski definition) is 4. The Bertz CT molecular complexity index is 533. The van der Waals surface area contributed by atoms with Gasteiger partial charge in [0.2, 0.25) is 5.91 Å². The molecule has 0 aromatic heterocycles. The van der Waals surface area contributed by atoms with Gasteiger partial charge in [0, 0.05) is 29.9 Å². The van der Waals surface area contributed by atoms with Crippen molar-refractivity contribution in [2.45, 2.75) is 44.7 Å². The molecule has 0 saturated carbocycles. The fraction of sp³-hybridized carbons (Fsp3) is 0.500. The molecular weight excluding hydrogens is 282 g/mol. The first-order valence-corrected chi connectivity index (χ1v) is 7.57. The quantitative estimate of drug-likeness (QED) is 0.781. The number of benzene rings is 1. The van der Waals surface area contributed by atoms with Crippen LogP contribution in [-0.4, -0.2) is 31.2 Å². The van der Waals surface area contributed by atoms with Gasteiger partial charge in [-0.15, -0.1) is 0 Å². The van der Waals surface area contributed by atoms with E-state index < -0.39 is 6.09 Å². The number of rotatable bonds is 5. The summed E-state index contributed by atoms with van der Waals surface area (Å²) in [4.78, 5) is 22.6. The molecule has 2 atom stereocenters. The first-order valence-electron chi connectivity index (χ1n) is 7.57. The van der Waals surface area contributed by atoms with Gasteiger partial charge >= 0.3 is 6.09 Å². The first-order chi connectivity index (χ1) is 10.6. The van der Waals surface area contributed by atoms with Crippen LogP contribution in [-0.2, 0) is 9.53 Å². The first kappa shape index (κ1) is 16.1. The van der Waals surface area contributed by atoms with Crippen molar-refractivity contribution in [1.82, 2.24) is 5.32 Å². The molecule has 0 radical (unpaired) electrons. The van der Waals surface area contributed by atoms with Gasteiger partial charge in [-0.2, -0.15) is 0 Å². The summed E-state index contributed by atoms with van der Waals surface area (Å²) in [6.45, 7) is 2.08. The smallest absolute Gasteiger partial charge is 0.411 e. The number of methoxy groups -OCH3 is 1. The summed E-state index contributed by atoms with van der Waals surface area (Å²) in [5.74, 6) is 0.146. The molecule has 1 fully saturated rings. The maximum atomic E-state index is 11.4. The van der Waals surface area contributed by atoms with E-state index in [1.165, 1.54) is 7.11 Å². The molecule has 1 aliphatic heterocycles. The van der Waals surface area contributed by atoms with Gasteiger partial charge in [-0.25, -0.2) is 4.79 Å². The van der Waals surface area contributed by atoms with Gasteiger partial charge in [0.1, 0.15) is 0 Å². The van der Waals surface area contributed by atoms with Crippen LogP contribution < -0.4 is 16.0 Å². The van der Waals surface area contributed by atoms with Crippen LogP contribution >= 0.6 is 0 Å². The second kappa shape index (κ2) is 7.68. The van der Waals surface area contributed by atoms with Crippen molar-refractivity contribution < 1.29 is 14.3 Å². The van der Waals surface area contributed by atoms with E-state index in [2.05, 4.69) is 27.6 Å². The maximum absolute atomic E-state index is 11.4. The van der Waals surface area contributed by atoms with Crippen molar-refractivity contribution in [1.29, 1.82) is 0 Å². The number of ether oxygens (including phenoxy) is 1. The molecule has 0 bridgehead atoms. The van der Waals surface area contributed by atoms with Crippen LogP contribution in [0.3, 0.4) is 0 Å². The predicted molar refractivity (Wildman–Crippen MR) is 86.0 cm³/mol. The van der Waals surface area contributed by atoms with Crippen LogP contribution in [0, 0.1) is 0 Å². The minimum atomic E-state index is -0.491. The molecular formula is C16H23N3O3. The van der Waals surface area contributed by atoms with Gasteiger partial charge in [0.05, 0.1) is 7.11 Å². The molecule has 120 valence electrons. The van der Waals surface area contributed by atoms with Crippen LogP contribution in [0.1, 0.15) is 32.6 Å². The number of carbonyl (C=O) groups is 2. The zero-order chi connectivity index (χ0) is 15.9. The standard InChI is InChI=1S/C16H23N3O3/c1-11(9-12-7-4-8-15(20)18-12)17-13-5-3-6-14(10-13)19-16(21)22-2/h3,5-6,10-12,17H,4,7-9H2,1-2H3,(H,18,20)(H,19,21). The van der Waals surface area contributed by atoms with Gasteiger partial charge < -0.3 is 15.4 Å². The van der Waals surface area contributed by atoms with Crippen molar-refractivity contribution in [2.24, 2.45) is 0 Å². The largest absolute Gasteiger partial charge is 0.453 e. The third-order valence-corrected chi connectivity index (χ3v) is 3.67. The monoisotopic (exact) mass is 305 g/mol. The summed E-state index contributed by atoms with van der Waals surface area (Å²) in [5.41, 5.74) is 1.60. The van der Waals surface area contributed by atoms with E-state index in [1.807, 2.05) is 18.2 Å². The molecule has 0 spiro atoms. The Morgan fingerprint density at radius 3 is 2.95 bits per heavy atom. The van der Waals surface area contributed by atoms with Crippen molar-refractivity contribution in [3.8, 4) is 0 Å². The highest BCUT2D eigenvalue weighted by molar-refractivity contribution is 5.85. The Hall–Kier alpha value is -2.24. The fourth-order valence-corrected chi connectivity index (χ4v) is 2.68. The summed E-state index contributed by atoms with van der Waals surface area (Å²) >= 11 is 0. The molecule has 22 heavy (non-hydrogen) atoms. The molecule has 2 amide bonds. The molecule has 1 aromatic carbocycles. The Balaban J connectivity index is 1.88. The fourth-order valence-electron chi connectivity index (χ4n) is 2.68. The molecule has 6 nitrogen and oxygen atoms in total. The van der Waals surface area contributed by atoms with Crippen molar-refractivity contribution in [3.63, 3.8) is 0 Å². The number of amides is 2. The van der Waals surface area contributed by atoms with Gasteiger partial charge in [-0.1, -0.05) is 6.07 Å². The number of anilines is 2. The molecule has 3 N–H and O–H groups in total. The van der Waals surface area contributed by atoms with Gasteiger partial charge in [0.25, 0.3) is 0 Å². The average Bonchev–Trinajstić information content (AvgIpc) is 2.47. The lowest BCUT2D eigenvalue weighted by molar-refractivity contribution is -0.123. The number of carbonyl (C=O) groups excluding carboxylic acids is 2. The Morgan fingerprint density at radius 2 is 2.23 bits per heavy atom. The van der Waals surface area contributed by atoms with Crippen LogP contribution in [0.2, 0.25) is 0 Å². The Labute approximate surface area is 130 Å². The summed E-state index contributed by atoms with van der Waals surface area (Å²) in [7, 11) is 1.33. The van der Waals surface area contributed by atoms with Gasteiger partial charge in [0.15, 0.2) is 0 Å². The van der Waals surface area contributed by atoms with E-state index in [1.54, 1.807) is 6.07 Å². The Kier molecular flexibility index (Phi) is 5.63. The van der Waals surface area contributed by atoms with Crippen LogP contribution in [0.4, 0.5) is 16.2 Å². The summed E-state index contributed by atoms with van der Waals surface area (Å²) in [6, 6.07) is 7.92. The second-order valence-corrected chi connectivity index (χ2v) is 5.64. The van der Waals surface area contributed by atoms with E-state index in [4.69, 9.17) is 0 Å². The summed E-state index contributed by atoms with van der Waals surface area (Å²) in [5, 5.41) is 9.05. The molecule has 0 aliphatic carbocycles. The molecule has 2 unspecified atom stereocenters. The zero-order valence-corrected chi connectivity index (χ0v) is 13.0. The molecule has 1 saturated heterocycles. The molecule has 2 rings (SSSR count). The lowest BCUT2D eigenvalue weighted by atomic mass is 9.98. The van der Waals surface area contributed by atoms with Crippen molar-refractivity contribution in [2.75, 3.05) is 17.7 Å². The molecule has 1 aliphatic rings. The maximum Gasteiger partial charge on any atom is 0.411 e. The lowest BCUT2D eigenvalue weighted by Crippen LogP contribution is -2.41. The highest BCUT2D eigenvalue weighted by atomic mass is 16.5. The topological polar surface area (TPSA) is 79.5 Å². The van der Waals surface area contributed by atoms with E-state index in [-0.39, 0.29) is 18.0 Å². The summed E-state index contributed by atoms with van der Waals surface area (Å²) in [6.07, 6.45) is 3.01. The lowest BCUT2D eigenvalue weighted by Gasteiger charge is -2.26. The molecule has 1 aromatic rings. The van der Waals surface area contributed by atoms with Crippen LogP contribution in [0.5, 0.6) is 0 Å². The SMILES string of the molecule is COC(=O)Nc1cccc(NC(C)CC2CCCC(=O)N2)c1. The highest BCUT2D eigenvalue weighted by Crippen LogP contribution is 2.19.